The van der Waals surface area contributed by atoms with Gasteiger partial charge in [0.25, 0.3) is 0 Å². The van der Waals surface area contributed by atoms with E-state index in [1.807, 2.05) is 18.2 Å². The Morgan fingerprint density at radius 3 is 2.40 bits per heavy atom. The molecule has 3 aromatic rings. The molecule has 128 valence electrons. The molecule has 0 aliphatic carbocycles. The second-order valence-corrected chi connectivity index (χ2v) is 6.82. The van der Waals surface area contributed by atoms with Crippen molar-refractivity contribution in [3.05, 3.63) is 82.1 Å². The first-order valence-electron chi connectivity index (χ1n) is 8.68. The van der Waals surface area contributed by atoms with E-state index >= 15 is 0 Å². The fourth-order valence-corrected chi connectivity index (χ4v) is 3.10. The van der Waals surface area contributed by atoms with Crippen molar-refractivity contribution in [3.63, 3.8) is 0 Å². The van der Waals surface area contributed by atoms with Crippen LogP contribution in [-0.4, -0.2) is 10.2 Å². The molecule has 3 nitrogen and oxygen atoms in total. The molecule has 2 aromatic carbocycles. The van der Waals surface area contributed by atoms with Crippen LogP contribution in [0.15, 0.2) is 46.9 Å². The Kier molecular flexibility index (Phi) is 5.13. The van der Waals surface area contributed by atoms with Crippen molar-refractivity contribution in [1.82, 2.24) is 10.2 Å². The zero-order valence-corrected chi connectivity index (χ0v) is 15.3. The Morgan fingerprint density at radius 2 is 1.68 bits per heavy atom. The molecule has 0 amide bonds. The molecule has 25 heavy (non-hydrogen) atoms. The third-order valence-electron chi connectivity index (χ3n) is 4.14. The highest BCUT2D eigenvalue weighted by Crippen LogP contribution is 2.21. The van der Waals surface area contributed by atoms with E-state index in [1.165, 1.54) is 27.8 Å². The average Bonchev–Trinajstić information content (AvgIpc) is 2.99. The van der Waals surface area contributed by atoms with Crippen molar-refractivity contribution in [2.24, 2.45) is 0 Å². The summed E-state index contributed by atoms with van der Waals surface area (Å²) in [4.78, 5) is 0. The fraction of sp³-hybridized carbons (Fsp3) is 0.273. The van der Waals surface area contributed by atoms with Crippen molar-refractivity contribution < 1.29 is 4.42 Å². The Morgan fingerprint density at radius 1 is 0.960 bits per heavy atom. The van der Waals surface area contributed by atoms with E-state index in [9.17, 15) is 0 Å². The number of nitrogens with zero attached hydrogens (tertiary/aromatic N) is 2. The smallest absolute Gasteiger partial charge is 0.240 e. The molecule has 3 heteroatoms. The maximum absolute atomic E-state index is 5.78. The van der Waals surface area contributed by atoms with E-state index < -0.39 is 0 Å². The predicted octanol–water partition coefficient (Wildman–Crippen LogP) is 5.57. The van der Waals surface area contributed by atoms with Gasteiger partial charge in [-0.3, -0.25) is 0 Å². The summed E-state index contributed by atoms with van der Waals surface area (Å²) >= 11 is 0. The summed E-state index contributed by atoms with van der Waals surface area (Å²) in [7, 11) is 0. The second-order valence-electron chi connectivity index (χ2n) is 6.82. The van der Waals surface area contributed by atoms with Crippen LogP contribution in [-0.2, 0) is 6.42 Å². The maximum atomic E-state index is 5.78. The standard InChI is InChI=1S/C22H24N2O/c1-15(2)20-8-6-5-7-19(20)9-10-21-23-24-22(25-21)14-18-12-16(3)11-17(4)13-18/h5-13,15H,14H2,1-4H3/b10-9+. The first-order chi connectivity index (χ1) is 12.0. The van der Waals surface area contributed by atoms with E-state index in [2.05, 4.69) is 74.3 Å². The van der Waals surface area contributed by atoms with Crippen LogP contribution in [0, 0.1) is 13.8 Å². The molecule has 0 fully saturated rings. The molecule has 0 saturated heterocycles. The summed E-state index contributed by atoms with van der Waals surface area (Å²) in [5, 5.41) is 8.32. The zero-order valence-electron chi connectivity index (χ0n) is 15.3. The topological polar surface area (TPSA) is 38.9 Å². The molecule has 0 atom stereocenters. The minimum Gasteiger partial charge on any atom is -0.421 e. The Balaban J connectivity index is 1.76. The molecule has 3 rings (SSSR count). The first kappa shape index (κ1) is 17.2. The number of rotatable bonds is 5. The summed E-state index contributed by atoms with van der Waals surface area (Å²) in [6.07, 6.45) is 4.59. The highest BCUT2D eigenvalue weighted by atomic mass is 16.4. The SMILES string of the molecule is Cc1cc(C)cc(Cc2nnc(/C=C/c3ccccc3C(C)C)o2)c1. The normalized spacial score (nSPS) is 11.6. The number of benzene rings is 2. The molecular weight excluding hydrogens is 308 g/mol. The van der Waals surface area contributed by atoms with Gasteiger partial charge >= 0.3 is 0 Å². The maximum Gasteiger partial charge on any atom is 0.240 e. The van der Waals surface area contributed by atoms with Crippen LogP contribution in [0.4, 0.5) is 0 Å². The van der Waals surface area contributed by atoms with Crippen molar-refractivity contribution in [3.8, 4) is 0 Å². The van der Waals surface area contributed by atoms with E-state index in [-0.39, 0.29) is 0 Å². The van der Waals surface area contributed by atoms with Crippen molar-refractivity contribution in [2.45, 2.75) is 40.0 Å². The van der Waals surface area contributed by atoms with E-state index in [0.717, 1.165) is 0 Å². The molecular formula is C22H24N2O. The van der Waals surface area contributed by atoms with Gasteiger partial charge in [-0.15, -0.1) is 10.2 Å². The van der Waals surface area contributed by atoms with Crippen molar-refractivity contribution in [2.75, 3.05) is 0 Å². The monoisotopic (exact) mass is 332 g/mol. The van der Waals surface area contributed by atoms with Crippen molar-refractivity contribution in [1.29, 1.82) is 0 Å². The van der Waals surface area contributed by atoms with Crippen LogP contribution in [0.5, 0.6) is 0 Å². The van der Waals surface area contributed by atoms with Gasteiger partial charge in [0.15, 0.2) is 0 Å². The van der Waals surface area contributed by atoms with Gasteiger partial charge < -0.3 is 4.42 Å². The van der Waals surface area contributed by atoms with Crippen LogP contribution in [0.2, 0.25) is 0 Å². The van der Waals surface area contributed by atoms with E-state index in [0.29, 0.717) is 24.1 Å². The fourth-order valence-electron chi connectivity index (χ4n) is 3.10. The highest BCUT2D eigenvalue weighted by molar-refractivity contribution is 5.68. The van der Waals surface area contributed by atoms with Crippen LogP contribution >= 0.6 is 0 Å². The molecule has 0 N–H and O–H groups in total. The summed E-state index contributed by atoms with van der Waals surface area (Å²) in [6, 6.07) is 14.9. The van der Waals surface area contributed by atoms with Gasteiger partial charge in [-0.1, -0.05) is 67.4 Å². The number of hydrogen-bond donors (Lipinski definition) is 0. The van der Waals surface area contributed by atoms with Gasteiger partial charge in [0.1, 0.15) is 0 Å². The molecule has 0 aliphatic rings. The van der Waals surface area contributed by atoms with Crippen LogP contribution < -0.4 is 0 Å². The Labute approximate surface area is 149 Å². The number of aryl methyl sites for hydroxylation is 2. The van der Waals surface area contributed by atoms with Crippen LogP contribution in [0.1, 0.15) is 59.4 Å². The van der Waals surface area contributed by atoms with Gasteiger partial charge in [0.05, 0.1) is 6.42 Å². The summed E-state index contributed by atoms with van der Waals surface area (Å²) < 4.78 is 5.78. The third-order valence-corrected chi connectivity index (χ3v) is 4.14. The molecule has 0 saturated carbocycles. The lowest BCUT2D eigenvalue weighted by Crippen LogP contribution is -1.90. The Bertz CT molecular complexity index is 870. The van der Waals surface area contributed by atoms with E-state index in [1.54, 1.807) is 0 Å². The summed E-state index contributed by atoms with van der Waals surface area (Å²) in [6.45, 7) is 8.60. The first-order valence-corrected chi connectivity index (χ1v) is 8.68. The second kappa shape index (κ2) is 7.47. The van der Waals surface area contributed by atoms with Crippen LogP contribution in [0.3, 0.4) is 0 Å². The largest absolute Gasteiger partial charge is 0.421 e. The molecule has 1 aromatic heterocycles. The summed E-state index contributed by atoms with van der Waals surface area (Å²) in [5.41, 5.74) is 6.20. The minimum absolute atomic E-state index is 0.476. The van der Waals surface area contributed by atoms with Gasteiger partial charge in [-0.05, 0) is 42.5 Å². The Hall–Kier alpha value is -2.68. The molecule has 0 bridgehead atoms. The lowest BCUT2D eigenvalue weighted by molar-refractivity contribution is 0.496. The van der Waals surface area contributed by atoms with Gasteiger partial charge in [-0.25, -0.2) is 0 Å². The third kappa shape index (κ3) is 4.44. The number of aromatic nitrogens is 2. The molecule has 1 heterocycles. The van der Waals surface area contributed by atoms with Gasteiger partial charge in [0, 0.05) is 6.08 Å². The minimum atomic E-state index is 0.476. The average molecular weight is 332 g/mol. The number of hydrogen-bond acceptors (Lipinski definition) is 3. The van der Waals surface area contributed by atoms with Gasteiger partial charge in [-0.2, -0.15) is 0 Å². The molecule has 0 radical (unpaired) electrons. The lowest BCUT2D eigenvalue weighted by atomic mass is 9.97. The van der Waals surface area contributed by atoms with Crippen LogP contribution in [0.25, 0.3) is 12.2 Å². The van der Waals surface area contributed by atoms with Crippen molar-refractivity contribution >= 4 is 12.2 Å². The zero-order chi connectivity index (χ0) is 17.8. The molecule has 0 unspecified atom stereocenters. The molecule has 0 aliphatic heterocycles. The van der Waals surface area contributed by atoms with E-state index in [4.69, 9.17) is 4.42 Å². The highest BCUT2D eigenvalue weighted by Gasteiger charge is 2.07. The molecule has 0 spiro atoms. The predicted molar refractivity (Wildman–Crippen MR) is 102 cm³/mol. The summed E-state index contributed by atoms with van der Waals surface area (Å²) in [5.74, 6) is 1.66. The lowest BCUT2D eigenvalue weighted by Gasteiger charge is -2.08. The quantitative estimate of drug-likeness (QED) is 0.613. The van der Waals surface area contributed by atoms with Gasteiger partial charge in [0.2, 0.25) is 11.8 Å².